The lowest BCUT2D eigenvalue weighted by atomic mass is 10.2. The van der Waals surface area contributed by atoms with Crippen molar-refractivity contribution in [2.24, 2.45) is 5.92 Å². The van der Waals surface area contributed by atoms with E-state index < -0.39 is 10.0 Å². The Morgan fingerprint density at radius 3 is 2.44 bits per heavy atom. The van der Waals surface area contributed by atoms with Gasteiger partial charge in [0.05, 0.1) is 4.90 Å². The van der Waals surface area contributed by atoms with Crippen LogP contribution < -0.4 is 10.0 Å². The molecule has 0 spiro atoms. The second-order valence-electron chi connectivity index (χ2n) is 4.78. The van der Waals surface area contributed by atoms with Crippen LogP contribution in [0.4, 0.5) is 0 Å². The van der Waals surface area contributed by atoms with Crippen LogP contribution in [0.3, 0.4) is 0 Å². The largest absolute Gasteiger partial charge is 0.319 e. The molecule has 0 bridgehead atoms. The molecule has 1 atom stereocenters. The third kappa shape index (κ3) is 4.08. The molecule has 0 aliphatic heterocycles. The topological polar surface area (TPSA) is 58.2 Å². The molecule has 0 saturated carbocycles. The summed E-state index contributed by atoms with van der Waals surface area (Å²) in [6.07, 6.45) is 0. The van der Waals surface area contributed by atoms with Gasteiger partial charge in [0, 0.05) is 6.54 Å². The van der Waals surface area contributed by atoms with Gasteiger partial charge in [0.25, 0.3) is 0 Å². The van der Waals surface area contributed by atoms with Crippen molar-refractivity contribution in [1.29, 1.82) is 0 Å². The zero-order chi connectivity index (χ0) is 13.8. The minimum Gasteiger partial charge on any atom is -0.319 e. The molecule has 4 nitrogen and oxygen atoms in total. The number of hydrogen-bond acceptors (Lipinski definition) is 3. The molecule has 0 fully saturated rings. The first-order valence-electron chi connectivity index (χ1n) is 6.08. The normalized spacial score (nSPS) is 13.6. The Kier molecular flexibility index (Phi) is 5.31. The Labute approximate surface area is 110 Å². The Balaban J connectivity index is 2.80. The van der Waals surface area contributed by atoms with Gasteiger partial charge in [0.2, 0.25) is 10.0 Å². The Morgan fingerprint density at radius 2 is 1.89 bits per heavy atom. The van der Waals surface area contributed by atoms with E-state index in [0.717, 1.165) is 17.7 Å². The van der Waals surface area contributed by atoms with Crippen molar-refractivity contribution in [2.45, 2.75) is 25.7 Å². The van der Waals surface area contributed by atoms with Crippen molar-refractivity contribution in [2.75, 3.05) is 20.1 Å². The number of hydrogen-bond donors (Lipinski definition) is 2. The van der Waals surface area contributed by atoms with Crippen LogP contribution in [-0.4, -0.2) is 28.6 Å². The molecule has 0 aliphatic carbocycles. The minimum atomic E-state index is -3.40. The molecule has 1 rings (SSSR count). The van der Waals surface area contributed by atoms with Crippen LogP contribution in [-0.2, 0) is 10.0 Å². The van der Waals surface area contributed by atoms with Gasteiger partial charge >= 0.3 is 0 Å². The molecular formula is C13H22N2O2S. The highest BCUT2D eigenvalue weighted by molar-refractivity contribution is 7.89. The lowest BCUT2D eigenvalue weighted by molar-refractivity contribution is 0.518. The number of sulfonamides is 1. The smallest absolute Gasteiger partial charge is 0.240 e. The van der Waals surface area contributed by atoms with Crippen molar-refractivity contribution in [3.05, 3.63) is 29.3 Å². The van der Waals surface area contributed by atoms with Crippen LogP contribution in [0.2, 0.25) is 0 Å². The maximum atomic E-state index is 12.1. The second-order valence-corrected chi connectivity index (χ2v) is 6.52. The minimum absolute atomic E-state index is 0.260. The SMILES string of the molecule is CNCC(C)CNS(=O)(=O)c1ccc(C)cc1C. The summed E-state index contributed by atoms with van der Waals surface area (Å²) in [7, 11) is -1.54. The summed E-state index contributed by atoms with van der Waals surface area (Å²) in [6.45, 7) is 7.00. The van der Waals surface area contributed by atoms with Crippen LogP contribution in [0.25, 0.3) is 0 Å². The van der Waals surface area contributed by atoms with Gasteiger partial charge < -0.3 is 5.32 Å². The summed E-state index contributed by atoms with van der Waals surface area (Å²) < 4.78 is 26.9. The molecule has 0 saturated heterocycles. The van der Waals surface area contributed by atoms with E-state index >= 15 is 0 Å². The summed E-state index contributed by atoms with van der Waals surface area (Å²) in [6, 6.07) is 5.36. The molecule has 0 aromatic heterocycles. The first kappa shape index (κ1) is 15.1. The van der Waals surface area contributed by atoms with Crippen LogP contribution in [0.5, 0.6) is 0 Å². The quantitative estimate of drug-likeness (QED) is 0.822. The van der Waals surface area contributed by atoms with Crippen molar-refractivity contribution >= 4 is 10.0 Å². The predicted molar refractivity (Wildman–Crippen MR) is 74.2 cm³/mol. The van der Waals surface area contributed by atoms with Crippen molar-refractivity contribution < 1.29 is 8.42 Å². The van der Waals surface area contributed by atoms with E-state index in [9.17, 15) is 8.42 Å². The molecule has 5 heteroatoms. The second kappa shape index (κ2) is 6.31. The molecule has 0 heterocycles. The number of rotatable bonds is 6. The average Bonchev–Trinajstić information content (AvgIpc) is 2.26. The third-order valence-corrected chi connectivity index (χ3v) is 4.38. The number of benzene rings is 1. The van der Waals surface area contributed by atoms with E-state index in [-0.39, 0.29) is 5.92 Å². The van der Waals surface area contributed by atoms with Gasteiger partial charge in [0.15, 0.2) is 0 Å². The van der Waals surface area contributed by atoms with Gasteiger partial charge in [-0.25, -0.2) is 13.1 Å². The van der Waals surface area contributed by atoms with E-state index in [1.807, 2.05) is 40.0 Å². The highest BCUT2D eigenvalue weighted by atomic mass is 32.2. The highest BCUT2D eigenvalue weighted by Crippen LogP contribution is 2.16. The lowest BCUT2D eigenvalue weighted by Crippen LogP contribution is -2.32. The number of aryl methyl sites for hydroxylation is 2. The monoisotopic (exact) mass is 270 g/mol. The average molecular weight is 270 g/mol. The molecule has 0 radical (unpaired) electrons. The Morgan fingerprint density at radius 1 is 1.22 bits per heavy atom. The van der Waals surface area contributed by atoms with Crippen molar-refractivity contribution in [3.63, 3.8) is 0 Å². The summed E-state index contributed by atoms with van der Waals surface area (Å²) in [5, 5.41) is 3.03. The maximum absolute atomic E-state index is 12.1. The molecule has 1 aromatic carbocycles. The highest BCUT2D eigenvalue weighted by Gasteiger charge is 2.17. The van der Waals surface area contributed by atoms with Crippen LogP contribution >= 0.6 is 0 Å². The van der Waals surface area contributed by atoms with Crippen LogP contribution in [0.15, 0.2) is 23.1 Å². The molecule has 1 unspecified atom stereocenters. The maximum Gasteiger partial charge on any atom is 0.240 e. The fourth-order valence-electron chi connectivity index (χ4n) is 1.85. The van der Waals surface area contributed by atoms with E-state index in [2.05, 4.69) is 10.0 Å². The fraction of sp³-hybridized carbons (Fsp3) is 0.538. The van der Waals surface area contributed by atoms with E-state index in [0.29, 0.717) is 11.4 Å². The molecule has 18 heavy (non-hydrogen) atoms. The van der Waals surface area contributed by atoms with E-state index in [1.165, 1.54) is 0 Å². The van der Waals surface area contributed by atoms with Crippen LogP contribution in [0.1, 0.15) is 18.1 Å². The fourth-order valence-corrected chi connectivity index (χ4v) is 3.24. The molecule has 0 aliphatic rings. The molecule has 2 N–H and O–H groups in total. The van der Waals surface area contributed by atoms with E-state index in [4.69, 9.17) is 0 Å². The van der Waals surface area contributed by atoms with Gasteiger partial charge in [-0.15, -0.1) is 0 Å². The van der Waals surface area contributed by atoms with Crippen molar-refractivity contribution in [1.82, 2.24) is 10.0 Å². The summed E-state index contributed by atoms with van der Waals surface area (Å²) >= 11 is 0. The van der Waals surface area contributed by atoms with Gasteiger partial charge in [0.1, 0.15) is 0 Å². The Hall–Kier alpha value is -0.910. The predicted octanol–water partition coefficient (Wildman–Crippen LogP) is 1.44. The zero-order valence-corrected chi connectivity index (χ0v) is 12.3. The van der Waals surface area contributed by atoms with Crippen molar-refractivity contribution in [3.8, 4) is 0 Å². The van der Waals surface area contributed by atoms with Gasteiger partial charge in [-0.1, -0.05) is 24.6 Å². The summed E-state index contributed by atoms with van der Waals surface area (Å²) in [4.78, 5) is 0.366. The molecule has 1 aromatic rings. The van der Waals surface area contributed by atoms with E-state index in [1.54, 1.807) is 6.07 Å². The summed E-state index contributed by atoms with van der Waals surface area (Å²) in [5.41, 5.74) is 1.85. The molecular weight excluding hydrogens is 248 g/mol. The lowest BCUT2D eigenvalue weighted by Gasteiger charge is -2.13. The first-order valence-corrected chi connectivity index (χ1v) is 7.56. The molecule has 0 amide bonds. The number of nitrogens with one attached hydrogen (secondary N) is 2. The van der Waals surface area contributed by atoms with Gasteiger partial charge in [-0.2, -0.15) is 0 Å². The van der Waals surface area contributed by atoms with Crippen LogP contribution in [0, 0.1) is 19.8 Å². The van der Waals surface area contributed by atoms with Gasteiger partial charge in [-0.3, -0.25) is 0 Å². The standard InChI is InChI=1S/C13H22N2O2S/c1-10-5-6-13(12(3)7-10)18(16,17)15-9-11(2)8-14-4/h5-7,11,14-15H,8-9H2,1-4H3. The summed E-state index contributed by atoms with van der Waals surface area (Å²) in [5.74, 6) is 0.260. The third-order valence-electron chi connectivity index (χ3n) is 2.79. The first-order chi connectivity index (χ1) is 8.36. The van der Waals surface area contributed by atoms with Gasteiger partial charge in [-0.05, 0) is 45.0 Å². The Bertz CT molecular complexity index is 498. The zero-order valence-electron chi connectivity index (χ0n) is 11.4. The molecule has 102 valence electrons.